The zero-order valence-corrected chi connectivity index (χ0v) is 21.0. The smallest absolute Gasteiger partial charge is 0.258 e. The molecule has 0 aliphatic carbocycles. The Morgan fingerprint density at radius 2 is 1.94 bits per heavy atom. The number of hydrogen-bond acceptors (Lipinski definition) is 5. The average Bonchev–Trinajstić information content (AvgIpc) is 3.27. The van der Waals surface area contributed by atoms with Gasteiger partial charge in [-0.1, -0.05) is 48.9 Å². The van der Waals surface area contributed by atoms with Crippen molar-refractivity contribution in [1.82, 2.24) is 9.88 Å². The standard InChI is InChI=1S/C28H33N3O2S/c1-20(2)33-24-14-12-22(13-15-24)17-26(23-10-5-4-6-11-23)27(32)30-28-29-18-25(34-28)19-31-16-8-7-9-21(31)3/h4-6,10-15,17-18,20-21H,7-9,16,19H2,1-3H3,(H,29,30,32)/b26-17+. The molecule has 1 fully saturated rings. The lowest BCUT2D eigenvalue weighted by atomic mass is 10.0. The van der Waals surface area contributed by atoms with Crippen LogP contribution in [0.4, 0.5) is 5.13 Å². The van der Waals surface area contributed by atoms with E-state index in [0.29, 0.717) is 16.7 Å². The van der Waals surface area contributed by atoms with E-state index in [0.717, 1.165) is 30.0 Å². The highest BCUT2D eigenvalue weighted by molar-refractivity contribution is 7.15. The Hall–Kier alpha value is -2.96. The van der Waals surface area contributed by atoms with Gasteiger partial charge in [0.2, 0.25) is 0 Å². The maximum Gasteiger partial charge on any atom is 0.258 e. The van der Waals surface area contributed by atoms with Gasteiger partial charge >= 0.3 is 0 Å². The van der Waals surface area contributed by atoms with Gasteiger partial charge in [0, 0.05) is 29.2 Å². The van der Waals surface area contributed by atoms with Crippen LogP contribution in [0.2, 0.25) is 0 Å². The first-order valence-electron chi connectivity index (χ1n) is 12.0. The molecule has 5 nitrogen and oxygen atoms in total. The van der Waals surface area contributed by atoms with E-state index in [4.69, 9.17) is 4.74 Å². The summed E-state index contributed by atoms with van der Waals surface area (Å²) in [6.45, 7) is 8.32. The second-order valence-corrected chi connectivity index (χ2v) is 10.2. The molecule has 1 aliphatic heterocycles. The molecule has 6 heteroatoms. The van der Waals surface area contributed by atoms with Crippen LogP contribution in [0.3, 0.4) is 0 Å². The van der Waals surface area contributed by atoms with Crippen molar-refractivity contribution in [2.24, 2.45) is 0 Å². The summed E-state index contributed by atoms with van der Waals surface area (Å²) in [6, 6.07) is 18.1. The van der Waals surface area contributed by atoms with E-state index >= 15 is 0 Å². The van der Waals surface area contributed by atoms with Gasteiger partial charge in [0.1, 0.15) is 5.75 Å². The summed E-state index contributed by atoms with van der Waals surface area (Å²) in [6.07, 6.45) is 7.73. The number of nitrogens with one attached hydrogen (secondary N) is 1. The average molecular weight is 476 g/mol. The molecule has 0 bridgehead atoms. The Bertz CT molecular complexity index is 1110. The lowest BCUT2D eigenvalue weighted by Gasteiger charge is -2.32. The topological polar surface area (TPSA) is 54.5 Å². The highest BCUT2D eigenvalue weighted by atomic mass is 32.1. The number of piperidine rings is 1. The number of likely N-dealkylation sites (tertiary alicyclic amines) is 1. The molecule has 1 N–H and O–H groups in total. The minimum absolute atomic E-state index is 0.119. The van der Waals surface area contributed by atoms with Crippen LogP contribution < -0.4 is 10.1 Å². The number of carbonyl (C=O) groups is 1. The summed E-state index contributed by atoms with van der Waals surface area (Å²) in [5, 5.41) is 3.66. The first-order valence-corrected chi connectivity index (χ1v) is 12.8. The monoisotopic (exact) mass is 475 g/mol. The Balaban J connectivity index is 1.50. The van der Waals surface area contributed by atoms with Gasteiger partial charge in [-0.15, -0.1) is 11.3 Å². The Morgan fingerprint density at radius 1 is 1.18 bits per heavy atom. The van der Waals surface area contributed by atoms with Crippen LogP contribution in [0.5, 0.6) is 5.75 Å². The Labute approximate surface area is 206 Å². The normalized spacial score (nSPS) is 17.1. The molecule has 1 aliphatic rings. The van der Waals surface area contributed by atoms with Crippen molar-refractivity contribution < 1.29 is 9.53 Å². The van der Waals surface area contributed by atoms with E-state index in [9.17, 15) is 4.79 Å². The summed E-state index contributed by atoms with van der Waals surface area (Å²) < 4.78 is 5.74. The molecule has 1 atom stereocenters. The zero-order valence-electron chi connectivity index (χ0n) is 20.2. The maximum absolute atomic E-state index is 13.3. The minimum Gasteiger partial charge on any atom is -0.491 e. The summed E-state index contributed by atoms with van der Waals surface area (Å²) in [7, 11) is 0. The van der Waals surface area contributed by atoms with Crippen LogP contribution in [-0.2, 0) is 11.3 Å². The van der Waals surface area contributed by atoms with Crippen LogP contribution in [0.1, 0.15) is 56.0 Å². The second kappa shape index (κ2) is 11.4. The zero-order chi connectivity index (χ0) is 23.9. The fraction of sp³-hybridized carbons (Fsp3) is 0.357. The minimum atomic E-state index is -0.166. The number of aromatic nitrogens is 1. The van der Waals surface area contributed by atoms with Crippen molar-refractivity contribution >= 4 is 34.0 Å². The molecular weight excluding hydrogens is 442 g/mol. The number of amides is 1. The number of benzene rings is 2. The van der Waals surface area contributed by atoms with Gasteiger partial charge in [-0.2, -0.15) is 0 Å². The predicted molar refractivity (Wildman–Crippen MR) is 141 cm³/mol. The molecule has 1 unspecified atom stereocenters. The number of nitrogens with zero attached hydrogens (tertiary/aromatic N) is 2. The number of anilines is 1. The van der Waals surface area contributed by atoms with Gasteiger partial charge in [0.05, 0.1) is 6.10 Å². The molecule has 1 amide bonds. The van der Waals surface area contributed by atoms with E-state index < -0.39 is 0 Å². The Kier molecular flexibility index (Phi) is 8.14. The fourth-order valence-electron chi connectivity index (χ4n) is 4.17. The van der Waals surface area contributed by atoms with E-state index in [1.807, 2.05) is 80.7 Å². The van der Waals surface area contributed by atoms with Crippen LogP contribution in [-0.4, -0.2) is 34.5 Å². The van der Waals surface area contributed by atoms with Crippen LogP contribution in [0.25, 0.3) is 11.6 Å². The van der Waals surface area contributed by atoms with E-state index in [1.165, 1.54) is 24.1 Å². The van der Waals surface area contributed by atoms with Gasteiger partial charge in [-0.05, 0) is 69.5 Å². The van der Waals surface area contributed by atoms with Crippen molar-refractivity contribution in [3.8, 4) is 5.75 Å². The highest BCUT2D eigenvalue weighted by Gasteiger charge is 2.20. The quantitative estimate of drug-likeness (QED) is 0.299. The summed E-state index contributed by atoms with van der Waals surface area (Å²) >= 11 is 1.55. The van der Waals surface area contributed by atoms with Crippen molar-refractivity contribution in [1.29, 1.82) is 0 Å². The van der Waals surface area contributed by atoms with Gasteiger partial charge in [0.25, 0.3) is 5.91 Å². The predicted octanol–water partition coefficient (Wildman–Crippen LogP) is 6.48. The second-order valence-electron chi connectivity index (χ2n) is 9.06. The number of hydrogen-bond donors (Lipinski definition) is 1. The molecule has 34 heavy (non-hydrogen) atoms. The van der Waals surface area contributed by atoms with Gasteiger partial charge in [0.15, 0.2) is 5.13 Å². The SMILES string of the molecule is CC(C)Oc1ccc(/C=C(/C(=O)Nc2ncc(CN3CCCCC3C)s2)c2ccccc2)cc1. The molecular formula is C28H33N3O2S. The lowest BCUT2D eigenvalue weighted by Crippen LogP contribution is -2.36. The van der Waals surface area contributed by atoms with E-state index in [1.54, 1.807) is 11.3 Å². The molecule has 0 saturated carbocycles. The number of rotatable bonds is 8. The third-order valence-corrected chi connectivity index (χ3v) is 6.86. The van der Waals surface area contributed by atoms with Gasteiger partial charge < -0.3 is 4.74 Å². The molecule has 2 aromatic carbocycles. The molecule has 4 rings (SSSR count). The van der Waals surface area contributed by atoms with Crippen molar-refractivity contribution in [2.45, 2.75) is 58.7 Å². The molecule has 0 spiro atoms. The van der Waals surface area contributed by atoms with Crippen molar-refractivity contribution in [3.63, 3.8) is 0 Å². The molecule has 2 heterocycles. The Morgan fingerprint density at radius 3 is 2.65 bits per heavy atom. The van der Waals surface area contributed by atoms with Gasteiger partial charge in [-0.25, -0.2) is 4.98 Å². The third kappa shape index (κ3) is 6.55. The number of thiazole rings is 1. The van der Waals surface area contributed by atoms with Crippen molar-refractivity contribution in [2.75, 3.05) is 11.9 Å². The first-order chi connectivity index (χ1) is 16.5. The molecule has 3 aromatic rings. The van der Waals surface area contributed by atoms with Crippen molar-refractivity contribution in [3.05, 3.63) is 76.8 Å². The fourth-order valence-corrected chi connectivity index (χ4v) is 5.01. The van der Waals surface area contributed by atoms with E-state index in [-0.39, 0.29) is 12.0 Å². The largest absolute Gasteiger partial charge is 0.491 e. The summed E-state index contributed by atoms with van der Waals surface area (Å²) in [5.41, 5.74) is 2.39. The third-order valence-electron chi connectivity index (χ3n) is 5.97. The summed E-state index contributed by atoms with van der Waals surface area (Å²) in [4.78, 5) is 21.5. The maximum atomic E-state index is 13.3. The molecule has 1 saturated heterocycles. The molecule has 1 aromatic heterocycles. The lowest BCUT2D eigenvalue weighted by molar-refractivity contribution is -0.111. The van der Waals surface area contributed by atoms with E-state index in [2.05, 4.69) is 22.1 Å². The highest BCUT2D eigenvalue weighted by Crippen LogP contribution is 2.26. The van der Waals surface area contributed by atoms with Crippen LogP contribution in [0.15, 0.2) is 60.8 Å². The van der Waals surface area contributed by atoms with Crippen LogP contribution in [0, 0.1) is 0 Å². The van der Waals surface area contributed by atoms with Crippen LogP contribution >= 0.6 is 11.3 Å². The van der Waals surface area contributed by atoms with Gasteiger partial charge in [-0.3, -0.25) is 15.0 Å². The molecule has 0 radical (unpaired) electrons. The number of carbonyl (C=O) groups excluding carboxylic acids is 1. The summed E-state index contributed by atoms with van der Waals surface area (Å²) in [5.74, 6) is 0.650. The molecule has 178 valence electrons. The first kappa shape index (κ1) is 24.2. The number of ether oxygens (including phenoxy) is 1.